The maximum atomic E-state index is 13.0. The molecule has 2 aliphatic heterocycles. The smallest absolute Gasteiger partial charge is 0.229 e. The molecular weight excluding hydrogens is 386 g/mol. The number of nitrogens with zero attached hydrogens (tertiary/aromatic N) is 3. The minimum Gasteiger partial charge on any atom is -0.493 e. The van der Waals surface area contributed by atoms with E-state index in [2.05, 4.69) is 11.0 Å². The van der Waals surface area contributed by atoms with E-state index >= 15 is 0 Å². The predicted octanol–water partition coefficient (Wildman–Crippen LogP) is 3.92. The second kappa shape index (κ2) is 8.10. The average Bonchev–Trinajstić information content (AvgIpc) is 2.79. The number of anilines is 1. The van der Waals surface area contributed by atoms with Crippen LogP contribution in [-0.4, -0.2) is 37.6 Å². The lowest BCUT2D eigenvalue weighted by atomic mass is 9.86. The van der Waals surface area contributed by atoms with Crippen LogP contribution in [0.15, 0.2) is 59.1 Å². The third-order valence-electron chi connectivity index (χ3n) is 5.22. The summed E-state index contributed by atoms with van der Waals surface area (Å²) in [4.78, 5) is 16.9. The molecule has 0 N–H and O–H groups in total. The Bertz CT molecular complexity index is 1000. The Morgan fingerprint density at radius 2 is 1.86 bits per heavy atom. The molecular formula is C22H21N3O3S. The number of hydrogen-bond acceptors (Lipinski definition) is 6. The molecule has 0 aliphatic carbocycles. The van der Waals surface area contributed by atoms with Crippen molar-refractivity contribution in [2.45, 2.75) is 12.3 Å². The lowest BCUT2D eigenvalue weighted by molar-refractivity contribution is -0.129. The Morgan fingerprint density at radius 1 is 1.10 bits per heavy atom. The SMILES string of the molecule is COc1ccc([C@@H]2CC(=O)N3CN(c4ccccc4)CSC3=C2C#N)cc1OC. The van der Waals surface area contributed by atoms with Crippen LogP contribution in [0.1, 0.15) is 17.9 Å². The van der Waals surface area contributed by atoms with E-state index in [0.717, 1.165) is 16.3 Å². The molecule has 1 fully saturated rings. The molecule has 29 heavy (non-hydrogen) atoms. The van der Waals surface area contributed by atoms with Gasteiger partial charge in [-0.1, -0.05) is 36.0 Å². The summed E-state index contributed by atoms with van der Waals surface area (Å²) in [6.07, 6.45) is 0.255. The highest BCUT2D eigenvalue weighted by Crippen LogP contribution is 2.44. The van der Waals surface area contributed by atoms with Crippen molar-refractivity contribution >= 4 is 23.4 Å². The number of ether oxygens (including phenoxy) is 2. The minimum absolute atomic E-state index is 0.0203. The Balaban J connectivity index is 1.68. The first kappa shape index (κ1) is 19.2. The summed E-state index contributed by atoms with van der Waals surface area (Å²) in [5, 5.41) is 10.7. The van der Waals surface area contributed by atoms with Gasteiger partial charge < -0.3 is 14.4 Å². The molecule has 2 aliphatic rings. The van der Waals surface area contributed by atoms with Gasteiger partial charge in [0.25, 0.3) is 0 Å². The van der Waals surface area contributed by atoms with Gasteiger partial charge in [0.05, 0.1) is 43.4 Å². The van der Waals surface area contributed by atoms with Gasteiger partial charge >= 0.3 is 0 Å². The Kier molecular flexibility index (Phi) is 5.36. The van der Waals surface area contributed by atoms with Gasteiger partial charge in [-0.3, -0.25) is 9.69 Å². The fraction of sp³-hybridized carbons (Fsp3) is 0.273. The molecule has 6 nitrogen and oxygen atoms in total. The molecule has 0 unspecified atom stereocenters. The van der Waals surface area contributed by atoms with Crippen LogP contribution in [-0.2, 0) is 4.79 Å². The standard InChI is InChI=1S/C22H21N3O3S/c1-27-19-9-8-15(10-20(19)28-2)17-11-21(26)25-13-24(16-6-4-3-5-7-16)14-29-22(25)18(17)12-23/h3-10,17H,11,13-14H2,1-2H3/t17-/m0/s1. The summed E-state index contributed by atoms with van der Waals surface area (Å²) < 4.78 is 10.7. The largest absolute Gasteiger partial charge is 0.493 e. The molecule has 0 aromatic heterocycles. The van der Waals surface area contributed by atoms with E-state index in [1.807, 2.05) is 48.5 Å². The van der Waals surface area contributed by atoms with Crippen molar-refractivity contribution in [2.24, 2.45) is 0 Å². The zero-order valence-electron chi connectivity index (χ0n) is 16.3. The summed E-state index contributed by atoms with van der Waals surface area (Å²) in [5.41, 5.74) is 2.58. The third kappa shape index (κ3) is 3.52. The summed E-state index contributed by atoms with van der Waals surface area (Å²) in [7, 11) is 3.16. The zero-order valence-corrected chi connectivity index (χ0v) is 17.1. The number of methoxy groups -OCH3 is 2. The fourth-order valence-electron chi connectivity index (χ4n) is 3.72. The number of rotatable bonds is 4. The van der Waals surface area contributed by atoms with Crippen LogP contribution in [0.5, 0.6) is 11.5 Å². The minimum atomic E-state index is -0.283. The quantitative estimate of drug-likeness (QED) is 0.765. The molecule has 1 atom stereocenters. The molecule has 1 amide bonds. The van der Waals surface area contributed by atoms with Crippen LogP contribution in [0.25, 0.3) is 0 Å². The number of benzene rings is 2. The van der Waals surface area contributed by atoms with E-state index in [1.165, 1.54) is 11.8 Å². The second-order valence-electron chi connectivity index (χ2n) is 6.81. The molecule has 2 aromatic carbocycles. The highest BCUT2D eigenvalue weighted by molar-refractivity contribution is 8.03. The van der Waals surface area contributed by atoms with Crippen LogP contribution in [0, 0.1) is 11.3 Å². The van der Waals surface area contributed by atoms with Crippen molar-refractivity contribution in [1.29, 1.82) is 5.26 Å². The zero-order chi connectivity index (χ0) is 20.4. The van der Waals surface area contributed by atoms with Gasteiger partial charge in [-0.15, -0.1) is 0 Å². The average molecular weight is 407 g/mol. The molecule has 0 bridgehead atoms. The van der Waals surface area contributed by atoms with E-state index in [4.69, 9.17) is 9.47 Å². The Labute approximate surface area is 174 Å². The van der Waals surface area contributed by atoms with E-state index in [1.54, 1.807) is 19.1 Å². The van der Waals surface area contributed by atoms with Gasteiger partial charge in [0.15, 0.2) is 11.5 Å². The van der Waals surface area contributed by atoms with E-state index in [0.29, 0.717) is 29.6 Å². The van der Waals surface area contributed by atoms with Gasteiger partial charge in [0.1, 0.15) is 0 Å². The van der Waals surface area contributed by atoms with Crippen LogP contribution < -0.4 is 14.4 Å². The van der Waals surface area contributed by atoms with Gasteiger partial charge in [-0.05, 0) is 29.8 Å². The number of nitriles is 1. The lowest BCUT2D eigenvalue weighted by Gasteiger charge is -2.42. The topological polar surface area (TPSA) is 65.8 Å². The van der Waals surface area contributed by atoms with E-state index < -0.39 is 0 Å². The van der Waals surface area contributed by atoms with Crippen molar-refractivity contribution in [1.82, 2.24) is 4.90 Å². The van der Waals surface area contributed by atoms with Gasteiger partial charge in [0.2, 0.25) is 5.91 Å². The Morgan fingerprint density at radius 3 is 2.55 bits per heavy atom. The first-order valence-electron chi connectivity index (χ1n) is 9.25. The highest BCUT2D eigenvalue weighted by atomic mass is 32.2. The number of para-hydroxylation sites is 1. The van der Waals surface area contributed by atoms with Crippen molar-refractivity contribution in [3.8, 4) is 17.6 Å². The first-order chi connectivity index (χ1) is 14.2. The number of hydrogen-bond donors (Lipinski definition) is 0. The molecule has 1 saturated heterocycles. The molecule has 7 heteroatoms. The summed E-state index contributed by atoms with van der Waals surface area (Å²) in [6.45, 7) is 0.453. The third-order valence-corrected chi connectivity index (χ3v) is 6.38. The molecule has 0 spiro atoms. The number of amides is 1. The van der Waals surface area contributed by atoms with Crippen LogP contribution >= 0.6 is 11.8 Å². The summed E-state index contributed by atoms with van der Waals surface area (Å²) in [5.74, 6) is 1.64. The monoisotopic (exact) mass is 407 g/mol. The normalized spacial score (nSPS) is 18.9. The van der Waals surface area contributed by atoms with Gasteiger partial charge in [-0.25, -0.2) is 0 Å². The fourth-order valence-corrected chi connectivity index (χ4v) is 4.89. The summed E-state index contributed by atoms with van der Waals surface area (Å²) >= 11 is 1.53. The van der Waals surface area contributed by atoms with Gasteiger partial charge in [0, 0.05) is 18.0 Å². The molecule has 148 valence electrons. The number of carbonyl (C=O) groups is 1. The lowest BCUT2D eigenvalue weighted by Crippen LogP contribution is -2.47. The summed E-state index contributed by atoms with van der Waals surface area (Å²) in [6, 6.07) is 17.9. The van der Waals surface area contributed by atoms with Crippen LogP contribution in [0.4, 0.5) is 5.69 Å². The maximum absolute atomic E-state index is 13.0. The second-order valence-corrected chi connectivity index (χ2v) is 7.75. The number of carbonyl (C=O) groups excluding carboxylic acids is 1. The number of fused-ring (bicyclic) bond motifs is 1. The number of allylic oxidation sites excluding steroid dienone is 1. The highest BCUT2D eigenvalue weighted by Gasteiger charge is 2.38. The van der Waals surface area contributed by atoms with E-state index in [-0.39, 0.29) is 18.2 Å². The van der Waals surface area contributed by atoms with Gasteiger partial charge in [-0.2, -0.15) is 5.26 Å². The number of thioether (sulfide) groups is 1. The van der Waals surface area contributed by atoms with Crippen molar-refractivity contribution in [3.05, 3.63) is 64.7 Å². The maximum Gasteiger partial charge on any atom is 0.229 e. The van der Waals surface area contributed by atoms with Crippen molar-refractivity contribution < 1.29 is 14.3 Å². The molecule has 2 heterocycles. The molecule has 2 aromatic rings. The molecule has 0 radical (unpaired) electrons. The first-order valence-corrected chi connectivity index (χ1v) is 10.2. The predicted molar refractivity (Wildman–Crippen MR) is 113 cm³/mol. The van der Waals surface area contributed by atoms with E-state index in [9.17, 15) is 10.1 Å². The molecule has 0 saturated carbocycles. The van der Waals surface area contributed by atoms with Crippen molar-refractivity contribution in [3.63, 3.8) is 0 Å². The molecule has 4 rings (SSSR count). The Hall–Kier alpha value is -3.11. The van der Waals surface area contributed by atoms with Crippen LogP contribution in [0.2, 0.25) is 0 Å². The van der Waals surface area contributed by atoms with Crippen molar-refractivity contribution in [2.75, 3.05) is 31.7 Å². The van der Waals surface area contributed by atoms with Crippen LogP contribution in [0.3, 0.4) is 0 Å².